The van der Waals surface area contributed by atoms with Crippen molar-refractivity contribution in [1.82, 2.24) is 9.80 Å². The van der Waals surface area contributed by atoms with Crippen LogP contribution in [-0.4, -0.2) is 41.9 Å². The lowest BCUT2D eigenvalue weighted by molar-refractivity contribution is -0.131. The molecule has 1 aliphatic heterocycles. The van der Waals surface area contributed by atoms with E-state index in [0.29, 0.717) is 0 Å². The maximum atomic E-state index is 11.3. The maximum absolute atomic E-state index is 11.3. The number of benzene rings is 1. The van der Waals surface area contributed by atoms with E-state index in [-0.39, 0.29) is 11.4 Å². The number of carbonyl (C=O) groups is 1. The third kappa shape index (κ3) is 2.56. The maximum Gasteiger partial charge on any atom is 0.219 e. The molecule has 3 heteroatoms. The molecular formula is C15H22N2O. The summed E-state index contributed by atoms with van der Waals surface area (Å²) in [4.78, 5) is 15.7. The molecule has 0 aromatic heterocycles. The third-order valence-corrected chi connectivity index (χ3v) is 4.00. The van der Waals surface area contributed by atoms with E-state index in [2.05, 4.69) is 43.0 Å². The fraction of sp³-hybridized carbons (Fsp3) is 0.533. The summed E-state index contributed by atoms with van der Waals surface area (Å²) in [6.07, 6.45) is 0. The van der Waals surface area contributed by atoms with Gasteiger partial charge in [-0.25, -0.2) is 0 Å². The quantitative estimate of drug-likeness (QED) is 0.797. The van der Waals surface area contributed by atoms with Crippen molar-refractivity contribution in [3.63, 3.8) is 0 Å². The molecule has 1 aromatic carbocycles. The van der Waals surface area contributed by atoms with Crippen molar-refractivity contribution in [2.75, 3.05) is 26.2 Å². The zero-order chi connectivity index (χ0) is 13.2. The lowest BCUT2D eigenvalue weighted by atomic mass is 9.91. The van der Waals surface area contributed by atoms with E-state index in [1.807, 2.05) is 11.0 Å². The molecular weight excluding hydrogens is 224 g/mol. The van der Waals surface area contributed by atoms with Gasteiger partial charge in [0.25, 0.3) is 0 Å². The molecule has 0 N–H and O–H groups in total. The number of nitrogens with zero attached hydrogens (tertiary/aromatic N) is 2. The molecule has 0 bridgehead atoms. The highest BCUT2D eigenvalue weighted by molar-refractivity contribution is 5.73. The second-order valence-corrected chi connectivity index (χ2v) is 5.42. The minimum atomic E-state index is 0.0319. The molecule has 2 rings (SSSR count). The molecule has 1 amide bonds. The summed E-state index contributed by atoms with van der Waals surface area (Å²) in [6, 6.07) is 10.6. The summed E-state index contributed by atoms with van der Waals surface area (Å²) in [5.74, 6) is 0.187. The molecule has 0 saturated carbocycles. The fourth-order valence-electron chi connectivity index (χ4n) is 2.61. The molecule has 1 fully saturated rings. The molecule has 0 unspecified atom stereocenters. The molecule has 0 spiro atoms. The van der Waals surface area contributed by atoms with Crippen LogP contribution in [0.3, 0.4) is 0 Å². The van der Waals surface area contributed by atoms with Crippen LogP contribution in [0.2, 0.25) is 0 Å². The molecule has 0 atom stereocenters. The Balaban J connectivity index is 2.07. The van der Waals surface area contributed by atoms with Crippen LogP contribution in [0.1, 0.15) is 26.3 Å². The fourth-order valence-corrected chi connectivity index (χ4v) is 2.61. The zero-order valence-corrected chi connectivity index (χ0v) is 11.5. The van der Waals surface area contributed by atoms with Crippen molar-refractivity contribution < 1.29 is 4.79 Å². The van der Waals surface area contributed by atoms with Gasteiger partial charge in [-0.15, -0.1) is 0 Å². The van der Waals surface area contributed by atoms with Crippen LogP contribution < -0.4 is 0 Å². The van der Waals surface area contributed by atoms with Crippen molar-refractivity contribution in [1.29, 1.82) is 0 Å². The van der Waals surface area contributed by atoms with Crippen LogP contribution >= 0.6 is 0 Å². The van der Waals surface area contributed by atoms with Gasteiger partial charge in [0.05, 0.1) is 0 Å². The Kier molecular flexibility index (Phi) is 3.71. The standard InChI is InChI=1S/C15H22N2O/c1-13(18)16-9-11-17(12-10-16)15(2,3)14-7-5-4-6-8-14/h4-8H,9-12H2,1-3H3. The second-order valence-electron chi connectivity index (χ2n) is 5.42. The summed E-state index contributed by atoms with van der Waals surface area (Å²) in [7, 11) is 0. The summed E-state index contributed by atoms with van der Waals surface area (Å²) in [5.41, 5.74) is 1.37. The van der Waals surface area contributed by atoms with Crippen LogP contribution in [0.5, 0.6) is 0 Å². The number of carbonyl (C=O) groups excluding carboxylic acids is 1. The molecule has 98 valence electrons. The van der Waals surface area contributed by atoms with Crippen molar-refractivity contribution in [2.45, 2.75) is 26.3 Å². The predicted octanol–water partition coefficient (Wildman–Crippen LogP) is 2.09. The lowest BCUT2D eigenvalue weighted by Crippen LogP contribution is -2.54. The summed E-state index contributed by atoms with van der Waals surface area (Å²) < 4.78 is 0. The van der Waals surface area contributed by atoms with Gasteiger partial charge in [0.1, 0.15) is 0 Å². The van der Waals surface area contributed by atoms with E-state index < -0.39 is 0 Å². The van der Waals surface area contributed by atoms with Crippen molar-refractivity contribution in [3.05, 3.63) is 35.9 Å². The van der Waals surface area contributed by atoms with Gasteiger partial charge in [-0.3, -0.25) is 9.69 Å². The average Bonchev–Trinajstić information content (AvgIpc) is 2.40. The van der Waals surface area contributed by atoms with Gasteiger partial charge < -0.3 is 4.90 Å². The lowest BCUT2D eigenvalue weighted by Gasteiger charge is -2.44. The Morgan fingerprint density at radius 2 is 1.61 bits per heavy atom. The SMILES string of the molecule is CC(=O)N1CCN(C(C)(C)c2ccccc2)CC1. The molecule has 3 nitrogen and oxygen atoms in total. The highest BCUT2D eigenvalue weighted by Crippen LogP contribution is 2.28. The number of hydrogen-bond acceptors (Lipinski definition) is 2. The Bertz CT molecular complexity index is 406. The van der Waals surface area contributed by atoms with Crippen LogP contribution in [0.25, 0.3) is 0 Å². The average molecular weight is 246 g/mol. The van der Waals surface area contributed by atoms with E-state index in [1.54, 1.807) is 6.92 Å². The topological polar surface area (TPSA) is 23.6 Å². The number of amides is 1. The smallest absolute Gasteiger partial charge is 0.219 e. The number of hydrogen-bond donors (Lipinski definition) is 0. The van der Waals surface area contributed by atoms with Gasteiger partial charge in [0.15, 0.2) is 0 Å². The molecule has 1 heterocycles. The molecule has 1 aliphatic rings. The predicted molar refractivity (Wildman–Crippen MR) is 73.3 cm³/mol. The van der Waals surface area contributed by atoms with Gasteiger partial charge in [0, 0.05) is 38.6 Å². The molecule has 0 aliphatic carbocycles. The van der Waals surface area contributed by atoms with Crippen LogP contribution in [-0.2, 0) is 10.3 Å². The van der Waals surface area contributed by atoms with E-state index in [9.17, 15) is 4.79 Å². The minimum absolute atomic E-state index is 0.0319. The molecule has 1 saturated heterocycles. The molecule has 0 radical (unpaired) electrons. The first kappa shape index (κ1) is 13.1. The van der Waals surface area contributed by atoms with Gasteiger partial charge >= 0.3 is 0 Å². The van der Waals surface area contributed by atoms with Crippen LogP contribution in [0, 0.1) is 0 Å². The summed E-state index contributed by atoms with van der Waals surface area (Å²) >= 11 is 0. The molecule has 1 aromatic rings. The number of rotatable bonds is 2. The first-order valence-corrected chi connectivity index (χ1v) is 6.58. The monoisotopic (exact) mass is 246 g/mol. The van der Waals surface area contributed by atoms with E-state index in [1.165, 1.54) is 5.56 Å². The Morgan fingerprint density at radius 1 is 1.06 bits per heavy atom. The highest BCUT2D eigenvalue weighted by Gasteiger charge is 2.31. The normalized spacial score (nSPS) is 17.8. The Hall–Kier alpha value is -1.35. The van der Waals surface area contributed by atoms with E-state index in [0.717, 1.165) is 26.2 Å². The van der Waals surface area contributed by atoms with Crippen LogP contribution in [0.15, 0.2) is 30.3 Å². The Labute approximate surface area is 109 Å². The van der Waals surface area contributed by atoms with Gasteiger partial charge in [-0.2, -0.15) is 0 Å². The van der Waals surface area contributed by atoms with Gasteiger partial charge in [-0.1, -0.05) is 30.3 Å². The third-order valence-electron chi connectivity index (χ3n) is 4.00. The van der Waals surface area contributed by atoms with Crippen molar-refractivity contribution >= 4 is 5.91 Å². The number of piperazine rings is 1. The van der Waals surface area contributed by atoms with E-state index in [4.69, 9.17) is 0 Å². The highest BCUT2D eigenvalue weighted by atomic mass is 16.2. The first-order chi connectivity index (χ1) is 8.51. The minimum Gasteiger partial charge on any atom is -0.340 e. The van der Waals surface area contributed by atoms with E-state index >= 15 is 0 Å². The molecule has 18 heavy (non-hydrogen) atoms. The summed E-state index contributed by atoms with van der Waals surface area (Å²) in [6.45, 7) is 9.73. The van der Waals surface area contributed by atoms with Gasteiger partial charge in [-0.05, 0) is 19.4 Å². The van der Waals surface area contributed by atoms with Crippen molar-refractivity contribution in [2.24, 2.45) is 0 Å². The largest absolute Gasteiger partial charge is 0.340 e. The Morgan fingerprint density at radius 3 is 2.11 bits per heavy atom. The van der Waals surface area contributed by atoms with Crippen LogP contribution in [0.4, 0.5) is 0 Å². The van der Waals surface area contributed by atoms with Crippen molar-refractivity contribution in [3.8, 4) is 0 Å². The summed E-state index contributed by atoms with van der Waals surface area (Å²) in [5, 5.41) is 0. The zero-order valence-electron chi connectivity index (χ0n) is 11.5. The first-order valence-electron chi connectivity index (χ1n) is 6.58. The van der Waals surface area contributed by atoms with Gasteiger partial charge in [0.2, 0.25) is 5.91 Å². The second kappa shape index (κ2) is 5.11.